The fraction of sp³-hybridized carbons (Fsp3) is 0.250. The number of thioether (sulfide) groups is 1. The van der Waals surface area contributed by atoms with Crippen LogP contribution in [-0.4, -0.2) is 34.6 Å². The van der Waals surface area contributed by atoms with E-state index in [1.165, 1.54) is 17.0 Å². The molecule has 4 rings (SSSR count). The molecule has 3 aromatic rings. The number of hydrogen-bond acceptors (Lipinski definition) is 3. The number of carbonyl (C=O) groups is 1. The molecule has 2 aromatic heterocycles. The molecule has 6 heteroatoms. The first-order valence-corrected chi connectivity index (χ1v) is 10.5. The third-order valence-electron chi connectivity index (χ3n) is 4.58. The summed E-state index contributed by atoms with van der Waals surface area (Å²) in [5.74, 6) is 0.716. The predicted octanol–water partition coefficient (Wildman–Crippen LogP) is 5.20. The lowest BCUT2D eigenvalue weighted by Gasteiger charge is -2.19. The van der Waals surface area contributed by atoms with Crippen LogP contribution in [0.25, 0.3) is 11.1 Å². The first kappa shape index (κ1) is 17.4. The van der Waals surface area contributed by atoms with Crippen molar-refractivity contribution in [3.8, 4) is 11.1 Å². The number of thiophene rings is 1. The number of aromatic amines is 1. The number of amides is 1. The largest absolute Gasteiger partial charge is 0.357 e. The van der Waals surface area contributed by atoms with Crippen molar-refractivity contribution in [1.82, 2.24) is 9.88 Å². The van der Waals surface area contributed by atoms with E-state index in [1.807, 2.05) is 28.9 Å². The van der Waals surface area contributed by atoms with E-state index in [9.17, 15) is 9.18 Å². The lowest BCUT2D eigenvalue weighted by molar-refractivity contribution is 0.0761. The molecular weight excluding hydrogens is 367 g/mol. The van der Waals surface area contributed by atoms with Crippen LogP contribution in [0.1, 0.15) is 27.0 Å². The Balaban J connectivity index is 1.45. The van der Waals surface area contributed by atoms with Crippen molar-refractivity contribution in [3.63, 3.8) is 0 Å². The molecule has 0 bridgehead atoms. The van der Waals surface area contributed by atoms with Gasteiger partial charge in [-0.15, -0.1) is 11.3 Å². The van der Waals surface area contributed by atoms with Gasteiger partial charge in [0.2, 0.25) is 0 Å². The molecule has 0 spiro atoms. The van der Waals surface area contributed by atoms with Gasteiger partial charge in [-0.05, 0) is 47.2 Å². The zero-order chi connectivity index (χ0) is 17.9. The van der Waals surface area contributed by atoms with Crippen molar-refractivity contribution >= 4 is 29.0 Å². The summed E-state index contributed by atoms with van der Waals surface area (Å²) in [6.07, 6.45) is 2.78. The summed E-state index contributed by atoms with van der Waals surface area (Å²) in [7, 11) is 0. The van der Waals surface area contributed by atoms with Gasteiger partial charge in [0, 0.05) is 35.2 Å². The van der Waals surface area contributed by atoms with Gasteiger partial charge in [0.15, 0.2) is 0 Å². The molecule has 1 unspecified atom stereocenters. The standard InChI is InChI=1S/C20H19FN2OS2/c21-16-5-3-14(4-6-16)15-12-17(22-13-15)20(24)23-8-7-19(26-11-9-23)18-2-1-10-25-18/h1-6,10,12-13,19,22H,7-9,11H2. The SMILES string of the molecule is O=C(c1cc(-c2ccc(F)cc2)c[nH]1)N1CCSC(c2cccs2)CC1. The van der Waals surface area contributed by atoms with E-state index in [4.69, 9.17) is 0 Å². The molecule has 1 amide bonds. The molecule has 1 aliphatic heterocycles. The minimum Gasteiger partial charge on any atom is -0.357 e. The lowest BCUT2D eigenvalue weighted by atomic mass is 10.1. The third-order valence-corrected chi connectivity index (χ3v) is 7.03. The van der Waals surface area contributed by atoms with Crippen LogP contribution in [0.3, 0.4) is 0 Å². The Morgan fingerprint density at radius 3 is 2.77 bits per heavy atom. The molecular formula is C20H19FN2OS2. The Kier molecular flexibility index (Phi) is 5.13. The number of nitrogens with zero attached hydrogens (tertiary/aromatic N) is 1. The van der Waals surface area contributed by atoms with Gasteiger partial charge < -0.3 is 9.88 Å². The molecule has 0 saturated carbocycles. The zero-order valence-electron chi connectivity index (χ0n) is 14.2. The van der Waals surface area contributed by atoms with Gasteiger partial charge in [-0.1, -0.05) is 18.2 Å². The molecule has 1 N–H and O–H groups in total. The van der Waals surface area contributed by atoms with Gasteiger partial charge in [-0.2, -0.15) is 11.8 Å². The van der Waals surface area contributed by atoms with Crippen molar-refractivity contribution in [2.75, 3.05) is 18.8 Å². The van der Waals surface area contributed by atoms with Crippen LogP contribution in [0.4, 0.5) is 4.39 Å². The van der Waals surface area contributed by atoms with Crippen molar-refractivity contribution in [2.24, 2.45) is 0 Å². The Bertz CT molecular complexity index is 874. The molecule has 26 heavy (non-hydrogen) atoms. The van der Waals surface area contributed by atoms with Crippen molar-refractivity contribution < 1.29 is 9.18 Å². The van der Waals surface area contributed by atoms with Crippen LogP contribution in [0.5, 0.6) is 0 Å². The highest BCUT2D eigenvalue weighted by Gasteiger charge is 2.24. The zero-order valence-corrected chi connectivity index (χ0v) is 15.8. The molecule has 134 valence electrons. The molecule has 1 aromatic carbocycles. The first-order chi connectivity index (χ1) is 12.7. The summed E-state index contributed by atoms with van der Waals surface area (Å²) in [5.41, 5.74) is 2.38. The molecule has 3 heterocycles. The van der Waals surface area contributed by atoms with Crippen LogP contribution in [0.2, 0.25) is 0 Å². The Morgan fingerprint density at radius 1 is 1.15 bits per heavy atom. The molecule has 1 saturated heterocycles. The first-order valence-electron chi connectivity index (χ1n) is 8.59. The summed E-state index contributed by atoms with van der Waals surface area (Å²) in [6.45, 7) is 1.52. The fourth-order valence-electron chi connectivity index (χ4n) is 3.17. The summed E-state index contributed by atoms with van der Waals surface area (Å²) in [6, 6.07) is 12.4. The molecule has 1 atom stereocenters. The minimum absolute atomic E-state index is 0.0331. The van der Waals surface area contributed by atoms with Crippen molar-refractivity contribution in [3.05, 3.63) is 70.4 Å². The number of carbonyl (C=O) groups excluding carboxylic acids is 1. The number of H-pyrrole nitrogens is 1. The van der Waals surface area contributed by atoms with Crippen LogP contribution < -0.4 is 0 Å². The third kappa shape index (κ3) is 3.71. The van der Waals surface area contributed by atoms with Gasteiger partial charge in [-0.25, -0.2) is 4.39 Å². The fourth-order valence-corrected chi connectivity index (χ4v) is 5.41. The van der Waals surface area contributed by atoms with E-state index < -0.39 is 0 Å². The van der Waals surface area contributed by atoms with Crippen LogP contribution in [0, 0.1) is 5.82 Å². The van der Waals surface area contributed by atoms with E-state index in [1.54, 1.807) is 23.5 Å². The average Bonchev–Trinajstić information content (AvgIpc) is 3.30. The van der Waals surface area contributed by atoms with Crippen LogP contribution in [-0.2, 0) is 0 Å². The molecule has 1 fully saturated rings. The second kappa shape index (κ2) is 7.68. The summed E-state index contributed by atoms with van der Waals surface area (Å²) < 4.78 is 13.1. The van der Waals surface area contributed by atoms with Crippen LogP contribution in [0.15, 0.2) is 54.0 Å². The maximum Gasteiger partial charge on any atom is 0.270 e. The number of nitrogens with one attached hydrogen (secondary N) is 1. The number of aromatic nitrogens is 1. The van der Waals surface area contributed by atoms with E-state index >= 15 is 0 Å². The topological polar surface area (TPSA) is 36.1 Å². The van der Waals surface area contributed by atoms with E-state index in [0.29, 0.717) is 10.9 Å². The molecule has 1 aliphatic rings. The van der Waals surface area contributed by atoms with Gasteiger partial charge in [0.25, 0.3) is 5.91 Å². The summed E-state index contributed by atoms with van der Waals surface area (Å²) in [4.78, 5) is 19.3. The quantitative estimate of drug-likeness (QED) is 0.671. The average molecular weight is 387 g/mol. The number of rotatable bonds is 3. The maximum atomic E-state index is 13.1. The van der Waals surface area contributed by atoms with Crippen LogP contribution >= 0.6 is 23.1 Å². The highest BCUT2D eigenvalue weighted by molar-refractivity contribution is 7.99. The number of halogens is 1. The second-order valence-electron chi connectivity index (χ2n) is 6.26. The highest BCUT2D eigenvalue weighted by Crippen LogP contribution is 2.37. The van der Waals surface area contributed by atoms with E-state index in [2.05, 4.69) is 22.5 Å². The van der Waals surface area contributed by atoms with Crippen molar-refractivity contribution in [2.45, 2.75) is 11.7 Å². The minimum atomic E-state index is -0.261. The monoisotopic (exact) mass is 386 g/mol. The second-order valence-corrected chi connectivity index (χ2v) is 8.55. The van der Waals surface area contributed by atoms with Gasteiger partial charge in [-0.3, -0.25) is 4.79 Å². The maximum absolute atomic E-state index is 13.1. The van der Waals surface area contributed by atoms with E-state index in [-0.39, 0.29) is 11.7 Å². The number of benzene rings is 1. The lowest BCUT2D eigenvalue weighted by Crippen LogP contribution is -2.33. The Labute approximate surface area is 160 Å². The van der Waals surface area contributed by atoms with E-state index in [0.717, 1.165) is 36.4 Å². The van der Waals surface area contributed by atoms with Gasteiger partial charge in [0.05, 0.1) is 0 Å². The highest BCUT2D eigenvalue weighted by atomic mass is 32.2. The molecule has 3 nitrogen and oxygen atoms in total. The Morgan fingerprint density at radius 2 is 2.00 bits per heavy atom. The summed E-state index contributed by atoms with van der Waals surface area (Å²) in [5, 5.41) is 2.59. The predicted molar refractivity (Wildman–Crippen MR) is 106 cm³/mol. The smallest absolute Gasteiger partial charge is 0.270 e. The van der Waals surface area contributed by atoms with Gasteiger partial charge >= 0.3 is 0 Å². The Hall–Kier alpha value is -2.05. The normalized spacial score (nSPS) is 17.9. The molecule has 0 aliphatic carbocycles. The molecule has 0 radical (unpaired) electrons. The van der Waals surface area contributed by atoms with Gasteiger partial charge in [0.1, 0.15) is 11.5 Å². The number of hydrogen-bond donors (Lipinski definition) is 1. The summed E-state index contributed by atoms with van der Waals surface area (Å²) >= 11 is 3.72. The van der Waals surface area contributed by atoms with Crippen molar-refractivity contribution in [1.29, 1.82) is 0 Å².